The van der Waals surface area contributed by atoms with Gasteiger partial charge in [0.05, 0.1) is 6.04 Å². The molecule has 2 aliphatic rings. The second kappa shape index (κ2) is 4.52. The Balaban J connectivity index is 1.83. The lowest BCUT2D eigenvalue weighted by molar-refractivity contribution is -0.129. The molecule has 1 aliphatic heterocycles. The SMILES string of the molecule is CNC1CCN(CC2CCC(C)C2)C1=O. The number of hydrogen-bond acceptors (Lipinski definition) is 2. The molecule has 86 valence electrons. The molecule has 1 saturated carbocycles. The van der Waals surface area contributed by atoms with Crippen LogP contribution in [0.3, 0.4) is 0 Å². The molecule has 0 bridgehead atoms. The maximum Gasteiger partial charge on any atom is 0.239 e. The molecule has 2 rings (SSSR count). The molecule has 1 N–H and O–H groups in total. The number of carbonyl (C=O) groups is 1. The van der Waals surface area contributed by atoms with E-state index in [1.165, 1.54) is 19.3 Å². The number of amides is 1. The highest BCUT2D eigenvalue weighted by Gasteiger charge is 2.33. The summed E-state index contributed by atoms with van der Waals surface area (Å²) in [6.45, 7) is 4.28. The summed E-state index contributed by atoms with van der Waals surface area (Å²) < 4.78 is 0. The monoisotopic (exact) mass is 210 g/mol. The third kappa shape index (κ3) is 2.33. The quantitative estimate of drug-likeness (QED) is 0.760. The van der Waals surface area contributed by atoms with Crippen molar-refractivity contribution in [1.29, 1.82) is 0 Å². The Bertz CT molecular complexity index is 242. The zero-order valence-corrected chi connectivity index (χ0v) is 9.83. The van der Waals surface area contributed by atoms with Crippen molar-refractivity contribution < 1.29 is 4.79 Å². The number of nitrogens with one attached hydrogen (secondary N) is 1. The van der Waals surface area contributed by atoms with Crippen LogP contribution in [0, 0.1) is 11.8 Å². The van der Waals surface area contributed by atoms with Crippen LogP contribution in [0.2, 0.25) is 0 Å². The Kier molecular flexibility index (Phi) is 3.29. The van der Waals surface area contributed by atoms with Gasteiger partial charge in [-0.15, -0.1) is 0 Å². The standard InChI is InChI=1S/C12H22N2O/c1-9-3-4-10(7-9)8-14-6-5-11(13-2)12(14)15/h9-11,13H,3-8H2,1-2H3. The number of hydrogen-bond donors (Lipinski definition) is 1. The zero-order valence-electron chi connectivity index (χ0n) is 9.83. The highest BCUT2D eigenvalue weighted by molar-refractivity contribution is 5.83. The van der Waals surface area contributed by atoms with Gasteiger partial charge in [-0.25, -0.2) is 0 Å². The zero-order chi connectivity index (χ0) is 10.8. The van der Waals surface area contributed by atoms with Gasteiger partial charge in [0.15, 0.2) is 0 Å². The second-order valence-electron chi connectivity index (χ2n) is 5.20. The average Bonchev–Trinajstić information content (AvgIpc) is 2.76. The van der Waals surface area contributed by atoms with Crippen molar-refractivity contribution in [2.45, 2.75) is 38.6 Å². The van der Waals surface area contributed by atoms with Crippen molar-refractivity contribution in [3.8, 4) is 0 Å². The molecule has 0 aromatic rings. The molecular weight excluding hydrogens is 188 g/mol. The molecular formula is C12H22N2O. The lowest BCUT2D eigenvalue weighted by Crippen LogP contribution is -2.38. The lowest BCUT2D eigenvalue weighted by atomic mass is 10.1. The topological polar surface area (TPSA) is 32.3 Å². The average molecular weight is 210 g/mol. The maximum absolute atomic E-state index is 11.9. The summed E-state index contributed by atoms with van der Waals surface area (Å²) in [4.78, 5) is 13.9. The van der Waals surface area contributed by atoms with Gasteiger partial charge in [-0.1, -0.05) is 13.3 Å². The summed E-state index contributed by atoms with van der Waals surface area (Å²) in [6, 6.07) is 0.0869. The second-order valence-corrected chi connectivity index (χ2v) is 5.20. The van der Waals surface area contributed by atoms with Crippen LogP contribution < -0.4 is 5.32 Å². The molecule has 1 heterocycles. The van der Waals surface area contributed by atoms with Crippen molar-refractivity contribution in [1.82, 2.24) is 10.2 Å². The third-order valence-corrected chi connectivity index (χ3v) is 3.93. The van der Waals surface area contributed by atoms with Gasteiger partial charge >= 0.3 is 0 Å². The minimum atomic E-state index is 0.0869. The summed E-state index contributed by atoms with van der Waals surface area (Å²) in [7, 11) is 1.88. The van der Waals surface area contributed by atoms with E-state index in [4.69, 9.17) is 0 Å². The van der Waals surface area contributed by atoms with E-state index in [2.05, 4.69) is 17.1 Å². The molecule has 1 saturated heterocycles. The van der Waals surface area contributed by atoms with Crippen LogP contribution in [0.1, 0.15) is 32.6 Å². The molecule has 1 aliphatic carbocycles. The molecule has 3 unspecified atom stereocenters. The molecule has 3 nitrogen and oxygen atoms in total. The Morgan fingerprint density at radius 1 is 1.40 bits per heavy atom. The first kappa shape index (κ1) is 10.9. The van der Waals surface area contributed by atoms with E-state index in [-0.39, 0.29) is 6.04 Å². The smallest absolute Gasteiger partial charge is 0.239 e. The van der Waals surface area contributed by atoms with E-state index in [0.29, 0.717) is 5.91 Å². The molecule has 3 atom stereocenters. The molecule has 0 aromatic heterocycles. The fourth-order valence-corrected chi connectivity index (χ4v) is 2.99. The van der Waals surface area contributed by atoms with E-state index >= 15 is 0 Å². The summed E-state index contributed by atoms with van der Waals surface area (Å²) in [5, 5.41) is 3.09. The van der Waals surface area contributed by atoms with Crippen LogP contribution in [-0.4, -0.2) is 37.0 Å². The van der Waals surface area contributed by atoms with Crippen LogP contribution in [0.4, 0.5) is 0 Å². The van der Waals surface area contributed by atoms with Gasteiger partial charge < -0.3 is 10.2 Å². The summed E-state index contributed by atoms with van der Waals surface area (Å²) >= 11 is 0. The van der Waals surface area contributed by atoms with E-state index in [9.17, 15) is 4.79 Å². The Labute approximate surface area is 92.2 Å². The van der Waals surface area contributed by atoms with Crippen molar-refractivity contribution in [3.63, 3.8) is 0 Å². The van der Waals surface area contributed by atoms with Gasteiger partial charge in [-0.2, -0.15) is 0 Å². The minimum Gasteiger partial charge on any atom is -0.341 e. The number of nitrogens with zero attached hydrogens (tertiary/aromatic N) is 1. The number of rotatable bonds is 3. The normalized spacial score (nSPS) is 36.5. The van der Waals surface area contributed by atoms with Gasteiger partial charge in [0.1, 0.15) is 0 Å². The van der Waals surface area contributed by atoms with E-state index in [0.717, 1.165) is 31.3 Å². The third-order valence-electron chi connectivity index (χ3n) is 3.93. The molecule has 0 radical (unpaired) electrons. The maximum atomic E-state index is 11.9. The van der Waals surface area contributed by atoms with Gasteiger partial charge in [0.25, 0.3) is 0 Å². The van der Waals surface area contributed by atoms with Crippen LogP contribution in [0.5, 0.6) is 0 Å². The van der Waals surface area contributed by atoms with Gasteiger partial charge in [-0.3, -0.25) is 4.79 Å². The first-order valence-corrected chi connectivity index (χ1v) is 6.16. The highest BCUT2D eigenvalue weighted by atomic mass is 16.2. The lowest BCUT2D eigenvalue weighted by Gasteiger charge is -2.20. The molecule has 2 fully saturated rings. The molecule has 3 heteroatoms. The van der Waals surface area contributed by atoms with Crippen LogP contribution >= 0.6 is 0 Å². The predicted octanol–water partition coefficient (Wildman–Crippen LogP) is 1.24. The van der Waals surface area contributed by atoms with Crippen LogP contribution in [0.25, 0.3) is 0 Å². The van der Waals surface area contributed by atoms with E-state index < -0.39 is 0 Å². The molecule has 15 heavy (non-hydrogen) atoms. The van der Waals surface area contributed by atoms with Crippen molar-refractivity contribution >= 4 is 5.91 Å². The van der Waals surface area contributed by atoms with Crippen LogP contribution in [0.15, 0.2) is 0 Å². The van der Waals surface area contributed by atoms with Gasteiger partial charge in [0, 0.05) is 13.1 Å². The first-order chi connectivity index (χ1) is 7.20. The van der Waals surface area contributed by atoms with E-state index in [1.54, 1.807) is 0 Å². The fraction of sp³-hybridized carbons (Fsp3) is 0.917. The van der Waals surface area contributed by atoms with E-state index in [1.807, 2.05) is 7.05 Å². The number of carbonyl (C=O) groups excluding carboxylic acids is 1. The van der Waals surface area contributed by atoms with Crippen molar-refractivity contribution in [3.05, 3.63) is 0 Å². The van der Waals surface area contributed by atoms with Crippen LogP contribution in [-0.2, 0) is 4.79 Å². The van der Waals surface area contributed by atoms with Gasteiger partial charge in [-0.05, 0) is 38.1 Å². The number of likely N-dealkylation sites (N-methyl/N-ethyl adjacent to an activating group) is 1. The Morgan fingerprint density at radius 2 is 2.20 bits per heavy atom. The molecule has 0 spiro atoms. The predicted molar refractivity (Wildman–Crippen MR) is 60.5 cm³/mol. The highest BCUT2D eigenvalue weighted by Crippen LogP contribution is 2.31. The van der Waals surface area contributed by atoms with Gasteiger partial charge in [0.2, 0.25) is 5.91 Å². The minimum absolute atomic E-state index is 0.0869. The first-order valence-electron chi connectivity index (χ1n) is 6.16. The van der Waals surface area contributed by atoms with Crippen molar-refractivity contribution in [2.24, 2.45) is 11.8 Å². The fourth-order valence-electron chi connectivity index (χ4n) is 2.99. The summed E-state index contributed by atoms with van der Waals surface area (Å²) in [6.07, 6.45) is 4.96. The summed E-state index contributed by atoms with van der Waals surface area (Å²) in [5.74, 6) is 1.95. The Hall–Kier alpha value is -0.570. The largest absolute Gasteiger partial charge is 0.341 e. The van der Waals surface area contributed by atoms with Crippen molar-refractivity contribution in [2.75, 3.05) is 20.1 Å². The summed E-state index contributed by atoms with van der Waals surface area (Å²) in [5.41, 5.74) is 0. The molecule has 1 amide bonds. The Morgan fingerprint density at radius 3 is 2.73 bits per heavy atom. The number of likely N-dealkylation sites (tertiary alicyclic amines) is 1. The molecule has 0 aromatic carbocycles.